The molecule has 0 saturated heterocycles. The Morgan fingerprint density at radius 3 is 3.00 bits per heavy atom. The average molecular weight is 190 g/mol. The van der Waals surface area contributed by atoms with Crippen LogP contribution in [0.2, 0.25) is 0 Å². The van der Waals surface area contributed by atoms with Crippen LogP contribution in [0.3, 0.4) is 0 Å². The van der Waals surface area contributed by atoms with E-state index in [0.29, 0.717) is 6.04 Å². The van der Waals surface area contributed by atoms with E-state index in [4.69, 9.17) is 5.73 Å². The molecule has 1 aromatic rings. The number of hydrogen-bond donors (Lipinski definition) is 1. The summed E-state index contributed by atoms with van der Waals surface area (Å²) in [7, 11) is 0. The zero-order valence-corrected chi connectivity index (χ0v) is 8.52. The molecule has 1 unspecified atom stereocenters. The van der Waals surface area contributed by atoms with Crippen molar-refractivity contribution in [2.45, 2.75) is 38.1 Å². The number of aromatic nitrogens is 1. The molecule has 2 N–H and O–H groups in total. The maximum atomic E-state index is 6.05. The molecule has 0 aromatic carbocycles. The fourth-order valence-corrected chi connectivity index (χ4v) is 1.78. The SMILES string of the molecule is NC(CCC1CC1)Cc1cccnc1. The predicted molar refractivity (Wildman–Crippen MR) is 57.9 cm³/mol. The minimum absolute atomic E-state index is 0.319. The van der Waals surface area contributed by atoms with Crippen LogP contribution < -0.4 is 5.73 Å². The molecule has 0 amide bonds. The van der Waals surface area contributed by atoms with E-state index in [2.05, 4.69) is 11.1 Å². The predicted octanol–water partition coefficient (Wildman–Crippen LogP) is 2.14. The highest BCUT2D eigenvalue weighted by atomic mass is 14.6. The van der Waals surface area contributed by atoms with Gasteiger partial charge in [-0.25, -0.2) is 0 Å². The van der Waals surface area contributed by atoms with Crippen molar-refractivity contribution in [3.63, 3.8) is 0 Å². The van der Waals surface area contributed by atoms with Crippen LogP contribution in [0.15, 0.2) is 24.5 Å². The minimum atomic E-state index is 0.319. The van der Waals surface area contributed by atoms with E-state index < -0.39 is 0 Å². The van der Waals surface area contributed by atoms with Gasteiger partial charge in [0.1, 0.15) is 0 Å². The molecule has 0 radical (unpaired) electrons. The largest absolute Gasteiger partial charge is 0.327 e. The molecule has 0 aliphatic heterocycles. The van der Waals surface area contributed by atoms with Crippen LogP contribution in [0.5, 0.6) is 0 Å². The third-order valence-corrected chi connectivity index (χ3v) is 2.86. The van der Waals surface area contributed by atoms with Gasteiger partial charge in [0.15, 0.2) is 0 Å². The first-order valence-electron chi connectivity index (χ1n) is 5.49. The Kier molecular flexibility index (Phi) is 3.14. The summed E-state index contributed by atoms with van der Waals surface area (Å²) in [6.07, 6.45) is 10.0. The molecule has 1 aliphatic rings. The Labute approximate surface area is 85.5 Å². The highest BCUT2D eigenvalue weighted by Gasteiger charge is 2.21. The molecule has 0 spiro atoms. The third kappa shape index (κ3) is 3.11. The van der Waals surface area contributed by atoms with Crippen molar-refractivity contribution < 1.29 is 0 Å². The summed E-state index contributed by atoms with van der Waals surface area (Å²) in [6, 6.07) is 4.40. The molecule has 1 saturated carbocycles. The van der Waals surface area contributed by atoms with Crippen LogP contribution in [-0.4, -0.2) is 11.0 Å². The zero-order chi connectivity index (χ0) is 9.80. The van der Waals surface area contributed by atoms with E-state index in [0.717, 1.165) is 12.3 Å². The topological polar surface area (TPSA) is 38.9 Å². The van der Waals surface area contributed by atoms with E-state index in [1.54, 1.807) is 6.20 Å². The first kappa shape index (κ1) is 9.66. The minimum Gasteiger partial charge on any atom is -0.327 e. The first-order valence-corrected chi connectivity index (χ1v) is 5.49. The van der Waals surface area contributed by atoms with Crippen molar-refractivity contribution in [1.29, 1.82) is 0 Å². The van der Waals surface area contributed by atoms with Gasteiger partial charge in [0.05, 0.1) is 0 Å². The highest BCUT2D eigenvalue weighted by molar-refractivity contribution is 5.09. The Morgan fingerprint density at radius 1 is 1.50 bits per heavy atom. The molecule has 0 bridgehead atoms. The summed E-state index contributed by atoms with van der Waals surface area (Å²) in [6.45, 7) is 0. The summed E-state index contributed by atoms with van der Waals surface area (Å²) in [5.74, 6) is 0.995. The lowest BCUT2D eigenvalue weighted by molar-refractivity contribution is 0.551. The molecule has 1 aromatic heterocycles. The van der Waals surface area contributed by atoms with Crippen molar-refractivity contribution in [3.05, 3.63) is 30.1 Å². The van der Waals surface area contributed by atoms with Gasteiger partial charge in [0.25, 0.3) is 0 Å². The van der Waals surface area contributed by atoms with Gasteiger partial charge < -0.3 is 5.73 Å². The van der Waals surface area contributed by atoms with Crippen molar-refractivity contribution in [3.8, 4) is 0 Å². The molecule has 1 fully saturated rings. The molecule has 1 heterocycles. The number of nitrogens with zero attached hydrogens (tertiary/aromatic N) is 1. The second-order valence-electron chi connectivity index (χ2n) is 4.35. The monoisotopic (exact) mass is 190 g/mol. The fraction of sp³-hybridized carbons (Fsp3) is 0.583. The van der Waals surface area contributed by atoms with Gasteiger partial charge in [0, 0.05) is 18.4 Å². The highest BCUT2D eigenvalue weighted by Crippen LogP contribution is 2.33. The van der Waals surface area contributed by atoms with E-state index in [9.17, 15) is 0 Å². The third-order valence-electron chi connectivity index (χ3n) is 2.86. The lowest BCUT2D eigenvalue weighted by Crippen LogP contribution is -2.22. The van der Waals surface area contributed by atoms with Crippen molar-refractivity contribution >= 4 is 0 Å². The Hall–Kier alpha value is -0.890. The standard InChI is InChI=1S/C12H18N2/c13-12(6-5-10-3-4-10)8-11-2-1-7-14-9-11/h1-2,7,9-10,12H,3-6,8,13H2. The molecule has 1 aliphatic carbocycles. The Bertz CT molecular complexity index is 267. The van der Waals surface area contributed by atoms with Crippen LogP contribution in [0.1, 0.15) is 31.2 Å². The second kappa shape index (κ2) is 4.56. The van der Waals surface area contributed by atoms with Crippen molar-refractivity contribution in [2.75, 3.05) is 0 Å². The van der Waals surface area contributed by atoms with Crippen LogP contribution >= 0.6 is 0 Å². The molecule has 14 heavy (non-hydrogen) atoms. The van der Waals surface area contributed by atoms with Gasteiger partial charge in [-0.2, -0.15) is 0 Å². The average Bonchev–Trinajstić information content (AvgIpc) is 3.00. The van der Waals surface area contributed by atoms with Gasteiger partial charge in [-0.15, -0.1) is 0 Å². The van der Waals surface area contributed by atoms with E-state index in [-0.39, 0.29) is 0 Å². The summed E-state index contributed by atoms with van der Waals surface area (Å²) < 4.78 is 0. The van der Waals surface area contributed by atoms with Gasteiger partial charge in [-0.3, -0.25) is 4.98 Å². The summed E-state index contributed by atoms with van der Waals surface area (Å²) >= 11 is 0. The number of rotatable bonds is 5. The normalized spacial score (nSPS) is 18.1. The molecular weight excluding hydrogens is 172 g/mol. The quantitative estimate of drug-likeness (QED) is 0.772. The molecular formula is C12H18N2. The van der Waals surface area contributed by atoms with Gasteiger partial charge in [-0.05, 0) is 36.8 Å². The smallest absolute Gasteiger partial charge is 0.0300 e. The number of nitrogens with two attached hydrogens (primary N) is 1. The van der Waals surface area contributed by atoms with Crippen LogP contribution in [0.25, 0.3) is 0 Å². The Morgan fingerprint density at radius 2 is 2.36 bits per heavy atom. The number of hydrogen-bond acceptors (Lipinski definition) is 2. The van der Waals surface area contributed by atoms with Gasteiger partial charge in [-0.1, -0.05) is 18.9 Å². The van der Waals surface area contributed by atoms with E-state index in [1.807, 2.05) is 12.3 Å². The molecule has 2 nitrogen and oxygen atoms in total. The van der Waals surface area contributed by atoms with Crippen LogP contribution in [-0.2, 0) is 6.42 Å². The molecule has 76 valence electrons. The zero-order valence-electron chi connectivity index (χ0n) is 8.52. The van der Waals surface area contributed by atoms with Crippen molar-refractivity contribution in [2.24, 2.45) is 11.7 Å². The number of pyridine rings is 1. The molecule has 2 heteroatoms. The fourth-order valence-electron chi connectivity index (χ4n) is 1.78. The summed E-state index contributed by atoms with van der Waals surface area (Å²) in [5, 5.41) is 0. The summed E-state index contributed by atoms with van der Waals surface area (Å²) in [5.41, 5.74) is 7.31. The summed E-state index contributed by atoms with van der Waals surface area (Å²) in [4.78, 5) is 4.09. The molecule has 2 rings (SSSR count). The molecule has 1 atom stereocenters. The lowest BCUT2D eigenvalue weighted by atomic mass is 10.0. The van der Waals surface area contributed by atoms with Crippen LogP contribution in [0, 0.1) is 5.92 Å². The van der Waals surface area contributed by atoms with Crippen LogP contribution in [0.4, 0.5) is 0 Å². The maximum Gasteiger partial charge on any atom is 0.0300 e. The first-order chi connectivity index (χ1) is 6.84. The van der Waals surface area contributed by atoms with E-state index in [1.165, 1.54) is 31.2 Å². The van der Waals surface area contributed by atoms with Gasteiger partial charge in [0.2, 0.25) is 0 Å². The van der Waals surface area contributed by atoms with E-state index >= 15 is 0 Å². The van der Waals surface area contributed by atoms with Crippen molar-refractivity contribution in [1.82, 2.24) is 4.98 Å². The Balaban J connectivity index is 1.73. The second-order valence-corrected chi connectivity index (χ2v) is 4.35. The van der Waals surface area contributed by atoms with Gasteiger partial charge >= 0.3 is 0 Å². The lowest BCUT2D eigenvalue weighted by Gasteiger charge is -2.10. The maximum absolute atomic E-state index is 6.05.